The third-order valence-electron chi connectivity index (χ3n) is 1.95. The number of rotatable bonds is 6. The Hall–Kier alpha value is -0.150. The lowest BCUT2D eigenvalue weighted by Gasteiger charge is -2.07. The molecule has 0 aromatic rings. The zero-order valence-corrected chi connectivity index (χ0v) is 9.91. The van der Waals surface area contributed by atoms with Crippen LogP contribution in [-0.2, 0) is 10.8 Å². The largest absolute Gasteiger partial charge is 0.313 e. The molecule has 0 saturated heterocycles. The van der Waals surface area contributed by atoms with Crippen LogP contribution in [0, 0.1) is 0 Å². The molecule has 0 bridgehead atoms. The average Bonchev–Trinajstić information content (AvgIpc) is 2.02. The zero-order chi connectivity index (χ0) is 10.3. The Bertz CT molecular complexity index is 185. The minimum atomic E-state index is -0.680. The lowest BCUT2D eigenvalue weighted by atomic mass is 10.3. The molecule has 0 saturated carbocycles. The van der Waals surface area contributed by atoms with E-state index in [2.05, 4.69) is 25.2 Å². The first kappa shape index (κ1) is 12.8. The Kier molecular flexibility index (Phi) is 7.19. The van der Waals surface area contributed by atoms with Crippen LogP contribution in [0.4, 0.5) is 0 Å². The van der Waals surface area contributed by atoms with E-state index < -0.39 is 10.8 Å². The molecule has 2 nitrogen and oxygen atoms in total. The van der Waals surface area contributed by atoms with Gasteiger partial charge in [0.2, 0.25) is 0 Å². The van der Waals surface area contributed by atoms with Crippen LogP contribution in [0.3, 0.4) is 0 Å². The van der Waals surface area contributed by atoms with Crippen LogP contribution in [0.25, 0.3) is 0 Å². The fourth-order valence-corrected chi connectivity index (χ4v) is 1.30. The minimum absolute atomic E-state index is 0.305. The maximum absolute atomic E-state index is 11.0. The van der Waals surface area contributed by atoms with E-state index in [4.69, 9.17) is 0 Å². The molecule has 0 aliphatic rings. The highest BCUT2D eigenvalue weighted by molar-refractivity contribution is 7.84. The summed E-state index contributed by atoms with van der Waals surface area (Å²) in [4.78, 5) is 0. The predicted molar refractivity (Wildman–Crippen MR) is 60.4 cm³/mol. The molecule has 0 radical (unpaired) electrons. The predicted octanol–water partition coefficient (Wildman–Crippen LogP) is 1.70. The summed E-state index contributed by atoms with van der Waals surface area (Å²) in [5.41, 5.74) is 1.33. The third kappa shape index (κ3) is 8.19. The molecule has 0 aromatic heterocycles. The van der Waals surface area contributed by atoms with Gasteiger partial charge in [0.25, 0.3) is 0 Å². The van der Waals surface area contributed by atoms with E-state index >= 15 is 0 Å². The van der Waals surface area contributed by atoms with Crippen LogP contribution in [0.2, 0.25) is 0 Å². The van der Waals surface area contributed by atoms with Crippen LogP contribution in [0.1, 0.15) is 27.2 Å². The Balaban J connectivity index is 3.36. The molecule has 78 valence electrons. The average molecular weight is 203 g/mol. The zero-order valence-electron chi connectivity index (χ0n) is 9.09. The van der Waals surface area contributed by atoms with Gasteiger partial charge in [0.05, 0.1) is 0 Å². The fourth-order valence-electron chi connectivity index (χ4n) is 0.850. The quantitative estimate of drug-likeness (QED) is 0.526. The van der Waals surface area contributed by atoms with Crippen LogP contribution >= 0.6 is 0 Å². The van der Waals surface area contributed by atoms with Crippen molar-refractivity contribution in [2.45, 2.75) is 32.4 Å². The molecule has 0 aliphatic heterocycles. The summed E-state index contributed by atoms with van der Waals surface area (Å²) >= 11 is 0. The molecule has 13 heavy (non-hydrogen) atoms. The summed E-state index contributed by atoms with van der Waals surface area (Å²) in [6.45, 7) is 8.07. The molecule has 0 amide bonds. The van der Waals surface area contributed by atoms with Crippen molar-refractivity contribution in [3.8, 4) is 0 Å². The monoisotopic (exact) mass is 203 g/mol. The molecule has 0 fully saturated rings. The highest BCUT2D eigenvalue weighted by Gasteiger charge is 2.03. The molecular formula is C10H21NOS. The number of nitrogens with one attached hydrogen (secondary N) is 1. The minimum Gasteiger partial charge on any atom is -0.313 e. The first-order chi connectivity index (χ1) is 6.04. The molecule has 0 aromatic carbocycles. The molecule has 2 atom stereocenters. The van der Waals surface area contributed by atoms with Gasteiger partial charge in [-0.1, -0.05) is 18.6 Å². The van der Waals surface area contributed by atoms with E-state index in [1.807, 2.05) is 6.92 Å². The number of allylic oxidation sites excluding steroid dienone is 1. The topological polar surface area (TPSA) is 29.1 Å². The van der Waals surface area contributed by atoms with E-state index in [9.17, 15) is 4.21 Å². The molecule has 0 spiro atoms. The highest BCUT2D eigenvalue weighted by atomic mass is 32.2. The summed E-state index contributed by atoms with van der Waals surface area (Å²) in [6.07, 6.45) is 4.91. The van der Waals surface area contributed by atoms with Gasteiger partial charge < -0.3 is 5.32 Å². The lowest BCUT2D eigenvalue weighted by molar-refractivity contribution is 0.649. The number of hydrogen-bond acceptors (Lipinski definition) is 2. The van der Waals surface area contributed by atoms with Crippen molar-refractivity contribution in [1.29, 1.82) is 0 Å². The third-order valence-corrected chi connectivity index (χ3v) is 3.32. The van der Waals surface area contributed by atoms with Gasteiger partial charge in [0, 0.05) is 28.9 Å². The maximum Gasteiger partial charge on any atom is 0.0329 e. The molecule has 0 heterocycles. The van der Waals surface area contributed by atoms with E-state index in [0.29, 0.717) is 5.25 Å². The van der Waals surface area contributed by atoms with Gasteiger partial charge >= 0.3 is 0 Å². The Morgan fingerprint density at radius 2 is 2.15 bits per heavy atom. The van der Waals surface area contributed by atoms with Crippen molar-refractivity contribution in [2.75, 3.05) is 19.3 Å². The number of hydrogen-bond donors (Lipinski definition) is 1. The van der Waals surface area contributed by atoms with Crippen LogP contribution in [0.5, 0.6) is 0 Å². The molecule has 2 unspecified atom stereocenters. The second-order valence-electron chi connectivity index (χ2n) is 3.58. The van der Waals surface area contributed by atoms with Gasteiger partial charge in [0.15, 0.2) is 0 Å². The van der Waals surface area contributed by atoms with Crippen molar-refractivity contribution >= 4 is 10.8 Å². The fraction of sp³-hybridized carbons (Fsp3) is 0.800. The lowest BCUT2D eigenvalue weighted by Crippen LogP contribution is -2.21. The first-order valence-electron chi connectivity index (χ1n) is 4.70. The van der Waals surface area contributed by atoms with Crippen LogP contribution < -0.4 is 5.32 Å². The summed E-state index contributed by atoms with van der Waals surface area (Å²) in [5.74, 6) is 0. The van der Waals surface area contributed by atoms with Gasteiger partial charge in [-0.25, -0.2) is 0 Å². The van der Waals surface area contributed by atoms with E-state index in [1.54, 1.807) is 6.26 Å². The molecule has 1 N–H and O–H groups in total. The summed E-state index contributed by atoms with van der Waals surface area (Å²) in [6, 6.07) is 0. The van der Waals surface area contributed by atoms with E-state index in [1.165, 1.54) is 5.57 Å². The molecule has 0 aliphatic carbocycles. The van der Waals surface area contributed by atoms with E-state index in [-0.39, 0.29) is 0 Å². The Morgan fingerprint density at radius 3 is 2.62 bits per heavy atom. The van der Waals surface area contributed by atoms with Crippen molar-refractivity contribution in [1.82, 2.24) is 5.32 Å². The van der Waals surface area contributed by atoms with Gasteiger partial charge in [-0.3, -0.25) is 4.21 Å². The van der Waals surface area contributed by atoms with Crippen LogP contribution in [-0.4, -0.2) is 28.8 Å². The second kappa shape index (κ2) is 7.27. The van der Waals surface area contributed by atoms with Gasteiger partial charge in [-0.05, 0) is 26.8 Å². The van der Waals surface area contributed by atoms with Crippen molar-refractivity contribution in [3.63, 3.8) is 0 Å². The van der Waals surface area contributed by atoms with Crippen LogP contribution in [0.15, 0.2) is 11.6 Å². The Labute approximate surface area is 84.3 Å². The maximum atomic E-state index is 11.0. The van der Waals surface area contributed by atoms with Gasteiger partial charge in [-0.15, -0.1) is 0 Å². The van der Waals surface area contributed by atoms with Crippen molar-refractivity contribution < 1.29 is 4.21 Å². The summed E-state index contributed by atoms with van der Waals surface area (Å²) in [7, 11) is -0.680. The van der Waals surface area contributed by atoms with Crippen molar-refractivity contribution in [3.05, 3.63) is 11.6 Å². The standard InChI is InChI=1S/C10H21NOS/c1-9(2)5-7-11-8-6-10(3)13(4)12/h5,10-11H,6-8H2,1-4H3. The molecular weight excluding hydrogens is 182 g/mol. The normalized spacial score (nSPS) is 15.1. The highest BCUT2D eigenvalue weighted by Crippen LogP contribution is 1.97. The molecule has 3 heteroatoms. The smallest absolute Gasteiger partial charge is 0.0329 e. The SMILES string of the molecule is CC(C)=CCNCCC(C)S(C)=O. The summed E-state index contributed by atoms with van der Waals surface area (Å²) < 4.78 is 11.0. The van der Waals surface area contributed by atoms with Gasteiger partial charge in [0.1, 0.15) is 0 Å². The van der Waals surface area contributed by atoms with Gasteiger partial charge in [-0.2, -0.15) is 0 Å². The van der Waals surface area contributed by atoms with E-state index in [0.717, 1.165) is 19.5 Å². The van der Waals surface area contributed by atoms with Crippen molar-refractivity contribution in [2.24, 2.45) is 0 Å². The summed E-state index contributed by atoms with van der Waals surface area (Å²) in [5, 5.41) is 3.60. The second-order valence-corrected chi connectivity index (χ2v) is 5.39. The first-order valence-corrected chi connectivity index (χ1v) is 6.32. The Morgan fingerprint density at radius 1 is 1.54 bits per heavy atom. The molecule has 0 rings (SSSR count).